The predicted octanol–water partition coefficient (Wildman–Crippen LogP) is 2.48. The summed E-state index contributed by atoms with van der Waals surface area (Å²) in [7, 11) is 1.39. The van der Waals surface area contributed by atoms with Crippen molar-refractivity contribution >= 4 is 11.6 Å². The zero-order valence-electron chi connectivity index (χ0n) is 13.9. The molecule has 0 bridgehead atoms. The molecule has 9 heteroatoms. The molecule has 3 rings (SSSR count). The minimum absolute atomic E-state index is 0.232. The fourth-order valence-corrected chi connectivity index (χ4v) is 2.36. The monoisotopic (exact) mass is 373 g/mol. The third kappa shape index (κ3) is 3.61. The van der Waals surface area contributed by atoms with E-state index in [-0.39, 0.29) is 5.69 Å². The zero-order valence-corrected chi connectivity index (χ0v) is 13.9. The molecule has 1 heterocycles. The van der Waals surface area contributed by atoms with Crippen molar-refractivity contribution in [2.45, 2.75) is 0 Å². The van der Waals surface area contributed by atoms with E-state index in [4.69, 9.17) is 4.74 Å². The van der Waals surface area contributed by atoms with Crippen molar-refractivity contribution < 1.29 is 23.4 Å². The number of nitrogens with zero attached hydrogens (tertiary/aromatic N) is 2. The van der Waals surface area contributed by atoms with Crippen LogP contribution >= 0.6 is 0 Å². The van der Waals surface area contributed by atoms with Gasteiger partial charge in [0.15, 0.2) is 11.4 Å². The number of hydrogen-bond acceptors (Lipinski definition) is 5. The minimum Gasteiger partial charge on any atom is -0.505 e. The normalized spacial score (nSPS) is 10.5. The Balaban J connectivity index is 2.05. The highest BCUT2D eigenvalue weighted by molar-refractivity contribution is 6.04. The first-order chi connectivity index (χ1) is 12.9. The summed E-state index contributed by atoms with van der Waals surface area (Å²) >= 11 is 0. The van der Waals surface area contributed by atoms with Gasteiger partial charge in [0.25, 0.3) is 11.5 Å². The predicted molar refractivity (Wildman–Crippen MR) is 92.4 cm³/mol. The van der Waals surface area contributed by atoms with Crippen molar-refractivity contribution in [3.05, 3.63) is 76.2 Å². The number of carbonyl (C=O) groups is 1. The number of halogens is 2. The quantitative estimate of drug-likeness (QED) is 0.733. The van der Waals surface area contributed by atoms with E-state index < -0.39 is 40.2 Å². The number of rotatable bonds is 4. The van der Waals surface area contributed by atoms with Gasteiger partial charge in [-0.15, -0.1) is 0 Å². The third-order valence-corrected chi connectivity index (χ3v) is 3.62. The van der Waals surface area contributed by atoms with E-state index in [9.17, 15) is 23.5 Å². The van der Waals surface area contributed by atoms with Crippen LogP contribution in [0.5, 0.6) is 11.5 Å². The fraction of sp³-hybridized carbons (Fsp3) is 0.0556. The molecule has 0 spiro atoms. The number of hydrogen-bond donors (Lipinski definition) is 2. The second-order valence-corrected chi connectivity index (χ2v) is 5.38. The van der Waals surface area contributed by atoms with E-state index in [2.05, 4.69) is 10.4 Å². The first kappa shape index (κ1) is 18.1. The number of anilines is 1. The lowest BCUT2D eigenvalue weighted by atomic mass is 10.2. The van der Waals surface area contributed by atoms with Crippen LogP contribution in [0.25, 0.3) is 5.69 Å². The van der Waals surface area contributed by atoms with E-state index >= 15 is 0 Å². The number of para-hydroxylation sites is 2. The Morgan fingerprint density at radius 1 is 1.19 bits per heavy atom. The Morgan fingerprint density at radius 3 is 2.67 bits per heavy atom. The van der Waals surface area contributed by atoms with Gasteiger partial charge in [0.05, 0.1) is 12.8 Å². The fourth-order valence-electron chi connectivity index (χ4n) is 2.36. The third-order valence-electron chi connectivity index (χ3n) is 3.62. The molecule has 0 fully saturated rings. The summed E-state index contributed by atoms with van der Waals surface area (Å²) in [5.74, 6) is -3.06. The van der Waals surface area contributed by atoms with Crippen molar-refractivity contribution in [3.8, 4) is 17.2 Å². The molecule has 0 saturated heterocycles. The Labute approximate surface area is 151 Å². The molecule has 0 aliphatic heterocycles. The van der Waals surface area contributed by atoms with E-state index in [0.29, 0.717) is 5.75 Å². The molecule has 0 atom stereocenters. The Kier molecular flexibility index (Phi) is 4.84. The smallest absolute Gasteiger partial charge is 0.280 e. The molecule has 3 aromatic rings. The van der Waals surface area contributed by atoms with Crippen LogP contribution in [0.4, 0.5) is 14.5 Å². The molecule has 0 unspecified atom stereocenters. The number of methoxy groups -OCH3 is 1. The number of aromatic hydroxyl groups is 1. The standard InChI is InChI=1S/C18H13F2N3O4/c1-27-15-5-3-2-4-13(15)23-16(25)9-14(24)17(22-23)18(26)21-12-8-10(19)6-7-11(12)20/h2-9,24H,1H3,(H,21,26). The molecule has 0 saturated carbocycles. The number of carbonyl (C=O) groups excluding carboxylic acids is 1. The largest absolute Gasteiger partial charge is 0.505 e. The molecular weight excluding hydrogens is 360 g/mol. The second kappa shape index (κ2) is 7.24. The van der Waals surface area contributed by atoms with Crippen LogP contribution in [0.1, 0.15) is 10.5 Å². The van der Waals surface area contributed by atoms with Crippen molar-refractivity contribution in [3.63, 3.8) is 0 Å². The maximum Gasteiger partial charge on any atom is 0.280 e. The average molecular weight is 373 g/mol. The topological polar surface area (TPSA) is 93.5 Å². The van der Waals surface area contributed by atoms with Crippen LogP contribution in [-0.2, 0) is 0 Å². The summed E-state index contributed by atoms with van der Waals surface area (Å²) in [5, 5.41) is 15.9. The van der Waals surface area contributed by atoms with Crippen LogP contribution in [0.3, 0.4) is 0 Å². The van der Waals surface area contributed by atoms with Crippen molar-refractivity contribution in [2.24, 2.45) is 0 Å². The first-order valence-corrected chi connectivity index (χ1v) is 7.64. The molecule has 7 nitrogen and oxygen atoms in total. The van der Waals surface area contributed by atoms with Crippen LogP contribution in [0.15, 0.2) is 53.3 Å². The van der Waals surface area contributed by atoms with Gasteiger partial charge in [-0.25, -0.2) is 8.78 Å². The number of benzene rings is 2. The first-order valence-electron chi connectivity index (χ1n) is 7.64. The summed E-state index contributed by atoms with van der Waals surface area (Å²) in [5.41, 5.74) is -1.47. The highest BCUT2D eigenvalue weighted by Crippen LogP contribution is 2.22. The van der Waals surface area contributed by atoms with Gasteiger partial charge in [-0.2, -0.15) is 9.78 Å². The maximum atomic E-state index is 13.7. The van der Waals surface area contributed by atoms with Gasteiger partial charge >= 0.3 is 0 Å². The van der Waals surface area contributed by atoms with Gasteiger partial charge in [0.1, 0.15) is 23.1 Å². The van der Waals surface area contributed by atoms with Crippen molar-refractivity contribution in [2.75, 3.05) is 12.4 Å². The van der Waals surface area contributed by atoms with Gasteiger partial charge < -0.3 is 15.2 Å². The van der Waals surface area contributed by atoms with Gasteiger partial charge in [-0.3, -0.25) is 9.59 Å². The van der Waals surface area contributed by atoms with E-state index in [0.717, 1.165) is 28.9 Å². The molecule has 0 radical (unpaired) electrons. The van der Waals surface area contributed by atoms with Crippen LogP contribution in [0, 0.1) is 11.6 Å². The SMILES string of the molecule is COc1ccccc1-n1nc(C(=O)Nc2cc(F)ccc2F)c(O)cc1=O. The van der Waals surface area contributed by atoms with E-state index in [1.54, 1.807) is 18.2 Å². The molecule has 2 aromatic carbocycles. The number of aromatic nitrogens is 2. The Bertz CT molecular complexity index is 1080. The van der Waals surface area contributed by atoms with Gasteiger partial charge in [0.2, 0.25) is 0 Å². The molecule has 1 aromatic heterocycles. The highest BCUT2D eigenvalue weighted by Gasteiger charge is 2.19. The molecule has 27 heavy (non-hydrogen) atoms. The second-order valence-electron chi connectivity index (χ2n) is 5.38. The van der Waals surface area contributed by atoms with Crippen LogP contribution in [0.2, 0.25) is 0 Å². The van der Waals surface area contributed by atoms with E-state index in [1.807, 2.05) is 0 Å². The Hall–Kier alpha value is -3.75. The zero-order chi connectivity index (χ0) is 19.6. The highest BCUT2D eigenvalue weighted by atomic mass is 19.1. The number of ether oxygens (including phenoxy) is 1. The summed E-state index contributed by atoms with van der Waals surface area (Å²) in [6, 6.07) is 9.71. The lowest BCUT2D eigenvalue weighted by molar-refractivity contribution is 0.101. The molecule has 0 aliphatic rings. The maximum absolute atomic E-state index is 13.7. The van der Waals surface area contributed by atoms with Crippen LogP contribution in [-0.4, -0.2) is 27.9 Å². The van der Waals surface area contributed by atoms with Gasteiger partial charge in [0, 0.05) is 12.1 Å². The Morgan fingerprint density at radius 2 is 1.93 bits per heavy atom. The molecule has 2 N–H and O–H groups in total. The van der Waals surface area contributed by atoms with Crippen LogP contribution < -0.4 is 15.6 Å². The summed E-state index contributed by atoms with van der Waals surface area (Å²) in [6.07, 6.45) is 0. The minimum atomic E-state index is -1.03. The molecule has 138 valence electrons. The lowest BCUT2D eigenvalue weighted by Gasteiger charge is -2.12. The molecular formula is C18H13F2N3O4. The average Bonchev–Trinajstić information content (AvgIpc) is 2.64. The summed E-state index contributed by atoms with van der Waals surface area (Å²) < 4.78 is 33.0. The summed E-state index contributed by atoms with van der Waals surface area (Å²) in [6.45, 7) is 0. The van der Waals surface area contributed by atoms with E-state index in [1.165, 1.54) is 13.2 Å². The van der Waals surface area contributed by atoms with Gasteiger partial charge in [-0.1, -0.05) is 12.1 Å². The van der Waals surface area contributed by atoms with Gasteiger partial charge in [-0.05, 0) is 24.3 Å². The number of nitrogens with one attached hydrogen (secondary N) is 1. The van der Waals surface area contributed by atoms with Crippen molar-refractivity contribution in [1.29, 1.82) is 0 Å². The lowest BCUT2D eigenvalue weighted by Crippen LogP contribution is -2.25. The number of amides is 1. The summed E-state index contributed by atoms with van der Waals surface area (Å²) in [4.78, 5) is 24.6. The molecule has 1 amide bonds. The molecule has 0 aliphatic carbocycles. The van der Waals surface area contributed by atoms with Crippen molar-refractivity contribution in [1.82, 2.24) is 9.78 Å².